The van der Waals surface area contributed by atoms with Gasteiger partial charge in [-0.05, 0) is 26.2 Å². The van der Waals surface area contributed by atoms with Crippen LogP contribution in [0.3, 0.4) is 0 Å². The summed E-state index contributed by atoms with van der Waals surface area (Å²) in [6, 6.07) is 0. The Labute approximate surface area is 49.5 Å². The summed E-state index contributed by atoms with van der Waals surface area (Å²) in [5, 5.41) is 8.86. The Hall–Kier alpha value is -0.0800. The predicted molar refractivity (Wildman–Crippen MR) is 30.4 cm³/mol. The molecule has 8 heavy (non-hydrogen) atoms. The Balaban J connectivity index is 2.23. The Morgan fingerprint density at radius 3 is 2.62 bits per heavy atom. The highest BCUT2D eigenvalue weighted by molar-refractivity contribution is 4.59. The number of hydrogen-bond acceptors (Lipinski definition) is 2. The molecule has 48 valence electrons. The van der Waals surface area contributed by atoms with Gasteiger partial charge in [0.1, 0.15) is 0 Å². The zero-order chi connectivity index (χ0) is 5.98. The van der Waals surface area contributed by atoms with Crippen molar-refractivity contribution >= 4 is 0 Å². The van der Waals surface area contributed by atoms with Crippen LogP contribution in [-0.4, -0.2) is 17.5 Å². The number of aliphatic hydroxyl groups excluding tert-OH is 1. The Morgan fingerprint density at radius 2 is 2.25 bits per heavy atom. The van der Waals surface area contributed by atoms with Gasteiger partial charge in [-0.25, -0.2) is 0 Å². The largest absolute Gasteiger partial charge is 0.368 e. The maximum atomic E-state index is 8.86. The lowest BCUT2D eigenvalue weighted by atomic mass is 10.1. The fourth-order valence-corrected chi connectivity index (χ4v) is 0.984. The predicted octanol–water partition coefficient (Wildman–Crippen LogP) is 0.894. The smallest absolute Gasteiger partial charge is 0.154 e. The van der Waals surface area contributed by atoms with Crippen LogP contribution in [0.5, 0.6) is 0 Å². The molecule has 2 atom stereocenters. The third-order valence-corrected chi connectivity index (χ3v) is 1.45. The molecule has 0 aromatic carbocycles. The molecule has 0 saturated carbocycles. The maximum Gasteiger partial charge on any atom is 0.154 e. The summed E-state index contributed by atoms with van der Waals surface area (Å²) in [5.41, 5.74) is 0. The van der Waals surface area contributed by atoms with Gasteiger partial charge in [0.15, 0.2) is 6.29 Å². The normalized spacial score (nSPS) is 39.8. The van der Waals surface area contributed by atoms with E-state index in [1.807, 2.05) is 6.92 Å². The third kappa shape index (κ3) is 1.46. The van der Waals surface area contributed by atoms with Crippen molar-refractivity contribution in [3.8, 4) is 0 Å². The highest BCUT2D eigenvalue weighted by Gasteiger charge is 2.15. The highest BCUT2D eigenvalue weighted by atomic mass is 16.6. The van der Waals surface area contributed by atoms with E-state index >= 15 is 0 Å². The number of aliphatic hydroxyl groups is 1. The van der Waals surface area contributed by atoms with Crippen LogP contribution in [0.15, 0.2) is 0 Å². The van der Waals surface area contributed by atoms with E-state index in [1.165, 1.54) is 0 Å². The van der Waals surface area contributed by atoms with Crippen molar-refractivity contribution in [1.82, 2.24) is 0 Å². The molecule has 1 rings (SSSR count). The SMILES string of the molecule is C[C@@H]1CCC[C@H](O)O1. The minimum absolute atomic E-state index is 0.263. The summed E-state index contributed by atoms with van der Waals surface area (Å²) >= 11 is 0. The van der Waals surface area contributed by atoms with E-state index in [1.54, 1.807) is 0 Å². The molecule has 0 aliphatic carbocycles. The summed E-state index contributed by atoms with van der Waals surface area (Å²) < 4.78 is 5.04. The molecule has 1 aliphatic heterocycles. The number of ether oxygens (including phenoxy) is 1. The fraction of sp³-hybridized carbons (Fsp3) is 1.00. The maximum absolute atomic E-state index is 8.86. The van der Waals surface area contributed by atoms with E-state index < -0.39 is 6.29 Å². The van der Waals surface area contributed by atoms with E-state index in [0.29, 0.717) is 0 Å². The molecule has 0 radical (unpaired) electrons. The summed E-state index contributed by atoms with van der Waals surface area (Å²) in [6.45, 7) is 1.99. The minimum atomic E-state index is -0.487. The van der Waals surface area contributed by atoms with Gasteiger partial charge in [0, 0.05) is 0 Å². The standard InChI is InChI=1S/C6H12O2/c1-5-3-2-4-6(7)8-5/h5-7H,2-4H2,1H3/t5-,6-/m1/s1. The molecular weight excluding hydrogens is 104 g/mol. The molecule has 0 unspecified atom stereocenters. The molecule has 1 saturated heterocycles. The van der Waals surface area contributed by atoms with Crippen LogP contribution in [-0.2, 0) is 4.74 Å². The lowest BCUT2D eigenvalue weighted by Gasteiger charge is -2.23. The van der Waals surface area contributed by atoms with Crippen LogP contribution in [0.4, 0.5) is 0 Å². The summed E-state index contributed by atoms with van der Waals surface area (Å²) in [6.07, 6.45) is 2.78. The zero-order valence-corrected chi connectivity index (χ0v) is 5.13. The second-order valence-corrected chi connectivity index (χ2v) is 2.33. The molecule has 1 fully saturated rings. The molecule has 0 amide bonds. The molecule has 1 N–H and O–H groups in total. The van der Waals surface area contributed by atoms with Gasteiger partial charge in [0.05, 0.1) is 6.10 Å². The first-order chi connectivity index (χ1) is 3.79. The lowest BCUT2D eigenvalue weighted by molar-refractivity contribution is -0.156. The van der Waals surface area contributed by atoms with E-state index in [2.05, 4.69) is 0 Å². The molecular formula is C6H12O2. The van der Waals surface area contributed by atoms with E-state index in [4.69, 9.17) is 9.84 Å². The number of hydrogen-bond donors (Lipinski definition) is 1. The van der Waals surface area contributed by atoms with Crippen molar-refractivity contribution < 1.29 is 9.84 Å². The van der Waals surface area contributed by atoms with E-state index in [-0.39, 0.29) is 6.10 Å². The Bertz CT molecular complexity index is 64.9. The molecule has 0 aromatic rings. The van der Waals surface area contributed by atoms with E-state index in [9.17, 15) is 0 Å². The van der Waals surface area contributed by atoms with Crippen molar-refractivity contribution in [3.63, 3.8) is 0 Å². The van der Waals surface area contributed by atoms with Gasteiger partial charge in [0.2, 0.25) is 0 Å². The molecule has 0 bridgehead atoms. The first-order valence-electron chi connectivity index (χ1n) is 3.12. The quantitative estimate of drug-likeness (QED) is 0.509. The van der Waals surface area contributed by atoms with Crippen LogP contribution >= 0.6 is 0 Å². The van der Waals surface area contributed by atoms with Gasteiger partial charge in [-0.2, -0.15) is 0 Å². The van der Waals surface area contributed by atoms with Gasteiger partial charge in [-0.15, -0.1) is 0 Å². The second-order valence-electron chi connectivity index (χ2n) is 2.33. The topological polar surface area (TPSA) is 29.5 Å². The molecule has 1 heterocycles. The van der Waals surface area contributed by atoms with Crippen molar-refractivity contribution in [1.29, 1.82) is 0 Å². The van der Waals surface area contributed by atoms with Crippen LogP contribution < -0.4 is 0 Å². The van der Waals surface area contributed by atoms with Crippen LogP contribution in [0.1, 0.15) is 26.2 Å². The Kier molecular flexibility index (Phi) is 1.86. The minimum Gasteiger partial charge on any atom is -0.368 e. The molecule has 1 aliphatic rings. The van der Waals surface area contributed by atoms with Gasteiger partial charge in [0.25, 0.3) is 0 Å². The third-order valence-electron chi connectivity index (χ3n) is 1.45. The average Bonchev–Trinajstić information content (AvgIpc) is 1.64. The van der Waals surface area contributed by atoms with Gasteiger partial charge < -0.3 is 9.84 Å². The average molecular weight is 116 g/mol. The van der Waals surface area contributed by atoms with Gasteiger partial charge in [-0.1, -0.05) is 0 Å². The first kappa shape index (κ1) is 6.05. The summed E-state index contributed by atoms with van der Waals surface area (Å²) in [4.78, 5) is 0. The van der Waals surface area contributed by atoms with Crippen molar-refractivity contribution in [2.75, 3.05) is 0 Å². The van der Waals surface area contributed by atoms with Crippen molar-refractivity contribution in [2.24, 2.45) is 0 Å². The second kappa shape index (κ2) is 2.46. The van der Waals surface area contributed by atoms with Crippen LogP contribution in [0.2, 0.25) is 0 Å². The van der Waals surface area contributed by atoms with Crippen LogP contribution in [0, 0.1) is 0 Å². The molecule has 0 aromatic heterocycles. The van der Waals surface area contributed by atoms with Crippen molar-refractivity contribution in [3.05, 3.63) is 0 Å². The zero-order valence-electron chi connectivity index (χ0n) is 5.13. The number of rotatable bonds is 0. The van der Waals surface area contributed by atoms with Crippen molar-refractivity contribution in [2.45, 2.75) is 38.6 Å². The first-order valence-corrected chi connectivity index (χ1v) is 3.12. The van der Waals surface area contributed by atoms with Gasteiger partial charge in [-0.3, -0.25) is 0 Å². The lowest BCUT2D eigenvalue weighted by Crippen LogP contribution is -2.24. The monoisotopic (exact) mass is 116 g/mol. The van der Waals surface area contributed by atoms with Gasteiger partial charge >= 0.3 is 0 Å². The summed E-state index contributed by atoms with van der Waals surface area (Å²) in [7, 11) is 0. The molecule has 0 spiro atoms. The Morgan fingerprint density at radius 1 is 1.50 bits per heavy atom. The molecule has 2 heteroatoms. The molecule has 2 nitrogen and oxygen atoms in total. The van der Waals surface area contributed by atoms with E-state index in [0.717, 1.165) is 19.3 Å². The fourth-order valence-electron chi connectivity index (χ4n) is 0.984. The highest BCUT2D eigenvalue weighted by Crippen LogP contribution is 2.15. The van der Waals surface area contributed by atoms with Crippen LogP contribution in [0.25, 0.3) is 0 Å². The summed E-state index contributed by atoms with van der Waals surface area (Å²) in [5.74, 6) is 0.